The molecule has 0 bridgehead atoms. The highest BCUT2D eigenvalue weighted by atomic mass is 35.5. The van der Waals surface area contributed by atoms with Crippen molar-refractivity contribution in [2.75, 3.05) is 5.32 Å². The van der Waals surface area contributed by atoms with Gasteiger partial charge in [0.1, 0.15) is 11.0 Å². The SMILES string of the molecule is CC(C)c1noc(-c2ccnc(NCc3ccc(Cl)nc3)c2)n1. The highest BCUT2D eigenvalue weighted by Gasteiger charge is 2.12. The number of halogens is 1. The second-order valence-electron chi connectivity index (χ2n) is 5.38. The highest BCUT2D eigenvalue weighted by Crippen LogP contribution is 2.21. The lowest BCUT2D eigenvalue weighted by Gasteiger charge is -2.06. The number of nitrogens with one attached hydrogen (secondary N) is 1. The summed E-state index contributed by atoms with van der Waals surface area (Å²) in [6, 6.07) is 7.39. The third kappa shape index (κ3) is 3.84. The highest BCUT2D eigenvalue weighted by molar-refractivity contribution is 6.29. The smallest absolute Gasteiger partial charge is 0.258 e. The van der Waals surface area contributed by atoms with E-state index < -0.39 is 0 Å². The molecule has 0 fully saturated rings. The van der Waals surface area contributed by atoms with E-state index in [2.05, 4.69) is 25.4 Å². The molecule has 0 aromatic carbocycles. The molecule has 0 saturated carbocycles. The summed E-state index contributed by atoms with van der Waals surface area (Å²) in [6.45, 7) is 4.64. The Kier molecular flexibility index (Phi) is 4.52. The first-order valence-corrected chi connectivity index (χ1v) is 7.64. The van der Waals surface area contributed by atoms with E-state index in [0.29, 0.717) is 23.4 Å². The summed E-state index contributed by atoms with van der Waals surface area (Å²) in [5.74, 6) is 2.14. The summed E-state index contributed by atoms with van der Waals surface area (Å²) in [7, 11) is 0. The second kappa shape index (κ2) is 6.75. The largest absolute Gasteiger partial charge is 0.366 e. The number of aromatic nitrogens is 4. The predicted molar refractivity (Wildman–Crippen MR) is 88.2 cm³/mol. The van der Waals surface area contributed by atoms with Crippen LogP contribution in [0, 0.1) is 0 Å². The van der Waals surface area contributed by atoms with Gasteiger partial charge in [0.15, 0.2) is 5.82 Å². The molecule has 3 rings (SSSR count). The minimum atomic E-state index is 0.226. The molecule has 0 saturated heterocycles. The first-order valence-electron chi connectivity index (χ1n) is 7.26. The van der Waals surface area contributed by atoms with E-state index in [4.69, 9.17) is 16.1 Å². The Morgan fingerprint density at radius 1 is 1.22 bits per heavy atom. The van der Waals surface area contributed by atoms with Gasteiger partial charge in [-0.25, -0.2) is 9.97 Å². The van der Waals surface area contributed by atoms with Crippen LogP contribution in [0.5, 0.6) is 0 Å². The van der Waals surface area contributed by atoms with Crippen molar-refractivity contribution in [2.45, 2.75) is 26.3 Å². The molecule has 7 heteroatoms. The Hall–Kier alpha value is -2.47. The predicted octanol–water partition coefficient (Wildman–Crippen LogP) is 3.92. The summed E-state index contributed by atoms with van der Waals surface area (Å²) >= 11 is 5.77. The third-order valence-electron chi connectivity index (χ3n) is 3.23. The Morgan fingerprint density at radius 2 is 2.09 bits per heavy atom. The van der Waals surface area contributed by atoms with Crippen LogP contribution in [0.15, 0.2) is 41.2 Å². The van der Waals surface area contributed by atoms with Crippen molar-refractivity contribution in [3.8, 4) is 11.5 Å². The summed E-state index contributed by atoms with van der Waals surface area (Å²) in [4.78, 5) is 12.7. The molecule has 3 aromatic rings. The lowest BCUT2D eigenvalue weighted by Crippen LogP contribution is -2.01. The van der Waals surface area contributed by atoms with Crippen LogP contribution in [0.4, 0.5) is 5.82 Å². The lowest BCUT2D eigenvalue weighted by atomic mass is 10.2. The molecule has 6 nitrogen and oxygen atoms in total. The molecule has 118 valence electrons. The zero-order valence-electron chi connectivity index (χ0n) is 12.8. The molecule has 3 aromatic heterocycles. The fraction of sp³-hybridized carbons (Fsp3) is 0.250. The average Bonchev–Trinajstić information content (AvgIpc) is 3.05. The maximum atomic E-state index is 5.77. The van der Waals surface area contributed by atoms with E-state index in [9.17, 15) is 0 Å². The fourth-order valence-corrected chi connectivity index (χ4v) is 2.06. The van der Waals surface area contributed by atoms with E-state index >= 15 is 0 Å². The lowest BCUT2D eigenvalue weighted by molar-refractivity contribution is 0.419. The number of anilines is 1. The molecule has 1 N–H and O–H groups in total. The Balaban J connectivity index is 1.72. The van der Waals surface area contributed by atoms with Crippen LogP contribution in [0.1, 0.15) is 31.2 Å². The molecule has 0 spiro atoms. The van der Waals surface area contributed by atoms with Crippen molar-refractivity contribution in [3.05, 3.63) is 53.2 Å². The third-order valence-corrected chi connectivity index (χ3v) is 3.45. The van der Waals surface area contributed by atoms with Gasteiger partial charge < -0.3 is 9.84 Å². The molecule has 0 aliphatic rings. The summed E-state index contributed by atoms with van der Waals surface area (Å²) in [5, 5.41) is 7.69. The first kappa shape index (κ1) is 15.4. The van der Waals surface area contributed by atoms with Crippen molar-refractivity contribution in [3.63, 3.8) is 0 Å². The molecule has 0 atom stereocenters. The molecule has 0 unspecified atom stereocenters. The van der Waals surface area contributed by atoms with Crippen LogP contribution in [-0.4, -0.2) is 20.1 Å². The molecule has 23 heavy (non-hydrogen) atoms. The van der Waals surface area contributed by atoms with Gasteiger partial charge in [0, 0.05) is 30.4 Å². The summed E-state index contributed by atoms with van der Waals surface area (Å²) < 4.78 is 5.30. The topological polar surface area (TPSA) is 76.7 Å². The molecule has 3 heterocycles. The van der Waals surface area contributed by atoms with Crippen LogP contribution < -0.4 is 5.32 Å². The summed E-state index contributed by atoms with van der Waals surface area (Å²) in [6.07, 6.45) is 3.43. The van der Waals surface area contributed by atoms with Crippen LogP contribution >= 0.6 is 11.6 Å². The zero-order chi connectivity index (χ0) is 16.2. The van der Waals surface area contributed by atoms with Crippen LogP contribution in [0.3, 0.4) is 0 Å². The molecule has 0 amide bonds. The normalized spacial score (nSPS) is 11.0. The Bertz CT molecular complexity index is 785. The number of nitrogens with zero attached hydrogens (tertiary/aromatic N) is 4. The quantitative estimate of drug-likeness (QED) is 0.715. The molecular formula is C16H16ClN5O. The van der Waals surface area contributed by atoms with Gasteiger partial charge in [0.25, 0.3) is 5.89 Å². The van der Waals surface area contributed by atoms with Gasteiger partial charge in [0.2, 0.25) is 0 Å². The summed E-state index contributed by atoms with van der Waals surface area (Å²) in [5.41, 5.74) is 1.85. The molecule has 0 radical (unpaired) electrons. The van der Waals surface area contributed by atoms with Crippen molar-refractivity contribution in [2.24, 2.45) is 0 Å². The minimum Gasteiger partial charge on any atom is -0.366 e. The fourth-order valence-electron chi connectivity index (χ4n) is 1.95. The number of rotatable bonds is 5. The second-order valence-corrected chi connectivity index (χ2v) is 5.77. The maximum Gasteiger partial charge on any atom is 0.258 e. The van der Waals surface area contributed by atoms with E-state index in [1.54, 1.807) is 18.5 Å². The number of hydrogen-bond acceptors (Lipinski definition) is 6. The van der Waals surface area contributed by atoms with Crippen LogP contribution in [-0.2, 0) is 6.54 Å². The van der Waals surface area contributed by atoms with Gasteiger partial charge >= 0.3 is 0 Å². The average molecular weight is 330 g/mol. The van der Waals surface area contributed by atoms with Gasteiger partial charge in [-0.05, 0) is 23.8 Å². The van der Waals surface area contributed by atoms with Gasteiger partial charge in [-0.15, -0.1) is 0 Å². The van der Waals surface area contributed by atoms with Crippen molar-refractivity contribution >= 4 is 17.4 Å². The standard InChI is InChI=1S/C16H16ClN5O/c1-10(2)15-21-16(23-22-15)12-5-6-18-14(7-12)20-9-11-3-4-13(17)19-8-11/h3-8,10H,9H2,1-2H3,(H,18,20). The molecule has 0 aliphatic heterocycles. The van der Waals surface area contributed by atoms with E-state index in [1.807, 2.05) is 32.0 Å². The van der Waals surface area contributed by atoms with Crippen molar-refractivity contribution < 1.29 is 4.52 Å². The van der Waals surface area contributed by atoms with Gasteiger partial charge in [0.05, 0.1) is 0 Å². The Labute approximate surface area is 138 Å². The number of pyridine rings is 2. The van der Waals surface area contributed by atoms with E-state index in [-0.39, 0.29) is 5.92 Å². The monoisotopic (exact) mass is 329 g/mol. The maximum absolute atomic E-state index is 5.77. The van der Waals surface area contributed by atoms with Gasteiger partial charge in [-0.3, -0.25) is 0 Å². The zero-order valence-corrected chi connectivity index (χ0v) is 13.6. The molecule has 0 aliphatic carbocycles. The van der Waals surface area contributed by atoms with Crippen molar-refractivity contribution in [1.29, 1.82) is 0 Å². The van der Waals surface area contributed by atoms with Gasteiger partial charge in [-0.1, -0.05) is 36.7 Å². The molecular weight excluding hydrogens is 314 g/mol. The first-order chi connectivity index (χ1) is 11.1. The van der Waals surface area contributed by atoms with Crippen LogP contribution in [0.25, 0.3) is 11.5 Å². The van der Waals surface area contributed by atoms with Gasteiger partial charge in [-0.2, -0.15) is 4.98 Å². The minimum absolute atomic E-state index is 0.226. The Morgan fingerprint density at radius 3 is 2.78 bits per heavy atom. The van der Waals surface area contributed by atoms with E-state index in [1.165, 1.54) is 0 Å². The van der Waals surface area contributed by atoms with Crippen molar-refractivity contribution in [1.82, 2.24) is 20.1 Å². The van der Waals surface area contributed by atoms with Crippen LogP contribution in [0.2, 0.25) is 5.15 Å². The van der Waals surface area contributed by atoms with E-state index in [0.717, 1.165) is 16.9 Å². The number of hydrogen-bond donors (Lipinski definition) is 1.